The zero-order valence-electron chi connectivity index (χ0n) is 17.4. The number of piperidine rings is 1. The lowest BCUT2D eigenvalue weighted by Gasteiger charge is -2.42. The van der Waals surface area contributed by atoms with E-state index in [-0.39, 0.29) is 30.5 Å². The van der Waals surface area contributed by atoms with Gasteiger partial charge in [-0.3, -0.25) is 9.48 Å². The molecule has 2 saturated heterocycles. The third-order valence-electron chi connectivity index (χ3n) is 5.83. The van der Waals surface area contributed by atoms with E-state index < -0.39 is 0 Å². The van der Waals surface area contributed by atoms with Gasteiger partial charge < -0.3 is 19.3 Å². The highest BCUT2D eigenvalue weighted by Gasteiger charge is 2.33. The topological polar surface area (TPSA) is 59.8 Å². The second-order valence-electron chi connectivity index (χ2n) is 8.04. The van der Waals surface area contributed by atoms with Gasteiger partial charge in [0.15, 0.2) is 0 Å². The van der Waals surface area contributed by atoms with E-state index >= 15 is 0 Å². The van der Waals surface area contributed by atoms with Gasteiger partial charge in [-0.1, -0.05) is 0 Å². The van der Waals surface area contributed by atoms with E-state index in [0.717, 1.165) is 44.7 Å². The van der Waals surface area contributed by atoms with E-state index in [0.29, 0.717) is 18.9 Å². The average Bonchev–Trinajstić information content (AvgIpc) is 3.18. The van der Waals surface area contributed by atoms with E-state index in [9.17, 15) is 9.18 Å². The standard InChI is InChI=1S/C22H29FN4O3/c1-17-6-11-26(24-17)13-12-25-9-7-19(8-10-25)27-14-21(30-16-22(27)28)15-29-20-4-2-18(23)3-5-20/h2-6,11,19,21H,7-10,12-16H2,1H3/t21-/m1/s1. The van der Waals surface area contributed by atoms with Crippen LogP contribution in [0.15, 0.2) is 36.5 Å². The van der Waals surface area contributed by atoms with Crippen molar-refractivity contribution in [1.29, 1.82) is 0 Å². The van der Waals surface area contributed by atoms with E-state index in [4.69, 9.17) is 9.47 Å². The predicted molar refractivity (Wildman–Crippen MR) is 110 cm³/mol. The molecule has 0 spiro atoms. The minimum absolute atomic E-state index is 0.0542. The summed E-state index contributed by atoms with van der Waals surface area (Å²) in [6.07, 6.45) is 3.78. The molecular weight excluding hydrogens is 387 g/mol. The zero-order chi connectivity index (χ0) is 20.9. The summed E-state index contributed by atoms with van der Waals surface area (Å²) >= 11 is 0. The van der Waals surface area contributed by atoms with Crippen LogP contribution in [-0.4, -0.2) is 77.0 Å². The first-order chi connectivity index (χ1) is 14.6. The Labute approximate surface area is 176 Å². The molecule has 1 aromatic heterocycles. The maximum absolute atomic E-state index is 13.0. The number of amides is 1. The van der Waals surface area contributed by atoms with Crippen LogP contribution < -0.4 is 4.74 Å². The number of aryl methyl sites for hydroxylation is 1. The molecule has 1 aromatic carbocycles. The zero-order valence-corrected chi connectivity index (χ0v) is 17.4. The van der Waals surface area contributed by atoms with E-state index in [1.165, 1.54) is 12.1 Å². The molecule has 3 heterocycles. The quantitative estimate of drug-likeness (QED) is 0.692. The van der Waals surface area contributed by atoms with Crippen molar-refractivity contribution in [3.05, 3.63) is 48.0 Å². The molecule has 30 heavy (non-hydrogen) atoms. The SMILES string of the molecule is Cc1ccn(CCN2CCC(N3C[C@H](COc4ccc(F)cc4)OCC3=O)CC2)n1. The fourth-order valence-corrected chi connectivity index (χ4v) is 4.11. The van der Waals surface area contributed by atoms with Gasteiger partial charge in [-0.15, -0.1) is 0 Å². The number of hydrogen-bond donors (Lipinski definition) is 0. The lowest BCUT2D eigenvalue weighted by Crippen LogP contribution is -2.55. The molecule has 0 bridgehead atoms. The molecule has 0 saturated carbocycles. The Morgan fingerprint density at radius 2 is 1.93 bits per heavy atom. The van der Waals surface area contributed by atoms with Crippen LogP contribution in [0.2, 0.25) is 0 Å². The number of nitrogens with zero attached hydrogens (tertiary/aromatic N) is 4. The Bertz CT molecular complexity index is 833. The van der Waals surface area contributed by atoms with Gasteiger partial charge in [-0.05, 0) is 50.1 Å². The molecule has 4 rings (SSSR count). The molecule has 0 N–H and O–H groups in total. The van der Waals surface area contributed by atoms with Crippen molar-refractivity contribution >= 4 is 5.91 Å². The molecule has 162 valence electrons. The van der Waals surface area contributed by atoms with Gasteiger partial charge in [0.05, 0.1) is 18.8 Å². The molecule has 2 aliphatic heterocycles. The summed E-state index contributed by atoms with van der Waals surface area (Å²) in [6, 6.07) is 8.20. The number of aromatic nitrogens is 2. The highest BCUT2D eigenvalue weighted by molar-refractivity contribution is 5.78. The molecule has 2 aliphatic rings. The molecular formula is C22H29FN4O3. The second kappa shape index (κ2) is 9.57. The highest BCUT2D eigenvalue weighted by Crippen LogP contribution is 2.21. The Balaban J connectivity index is 1.23. The number of carbonyl (C=O) groups excluding carboxylic acids is 1. The van der Waals surface area contributed by atoms with Crippen LogP contribution in [0.3, 0.4) is 0 Å². The first-order valence-electron chi connectivity index (χ1n) is 10.6. The molecule has 2 fully saturated rings. The molecule has 2 aromatic rings. The molecule has 7 nitrogen and oxygen atoms in total. The van der Waals surface area contributed by atoms with Gasteiger partial charge in [0.25, 0.3) is 0 Å². The lowest BCUT2D eigenvalue weighted by molar-refractivity contribution is -0.155. The summed E-state index contributed by atoms with van der Waals surface area (Å²) in [7, 11) is 0. The third-order valence-corrected chi connectivity index (χ3v) is 5.83. The normalized spacial score (nSPS) is 21.2. The Morgan fingerprint density at radius 3 is 2.63 bits per heavy atom. The van der Waals surface area contributed by atoms with Crippen molar-refractivity contribution in [3.63, 3.8) is 0 Å². The van der Waals surface area contributed by atoms with Crippen LogP contribution >= 0.6 is 0 Å². The van der Waals surface area contributed by atoms with Crippen molar-refractivity contribution < 1.29 is 18.7 Å². The van der Waals surface area contributed by atoms with Crippen LogP contribution in [0.1, 0.15) is 18.5 Å². The summed E-state index contributed by atoms with van der Waals surface area (Å²) in [6.45, 7) is 6.79. The van der Waals surface area contributed by atoms with Crippen LogP contribution in [0.25, 0.3) is 0 Å². The Kier molecular flexibility index (Phi) is 6.64. The number of halogens is 1. The van der Waals surface area contributed by atoms with E-state index in [2.05, 4.69) is 10.00 Å². The first-order valence-corrected chi connectivity index (χ1v) is 10.6. The molecule has 1 amide bonds. The van der Waals surface area contributed by atoms with Crippen molar-refractivity contribution in [2.75, 3.05) is 39.4 Å². The van der Waals surface area contributed by atoms with Gasteiger partial charge in [0.1, 0.15) is 30.9 Å². The smallest absolute Gasteiger partial charge is 0.248 e. The lowest BCUT2D eigenvalue weighted by atomic mass is 10.0. The van der Waals surface area contributed by atoms with Crippen LogP contribution in [0.4, 0.5) is 4.39 Å². The molecule has 8 heteroatoms. The van der Waals surface area contributed by atoms with E-state index in [1.54, 1.807) is 12.1 Å². The number of ether oxygens (including phenoxy) is 2. The van der Waals surface area contributed by atoms with Crippen molar-refractivity contribution in [1.82, 2.24) is 19.6 Å². The Morgan fingerprint density at radius 1 is 1.17 bits per heavy atom. The van der Waals surface area contributed by atoms with Gasteiger partial charge in [-0.25, -0.2) is 4.39 Å². The van der Waals surface area contributed by atoms with Crippen LogP contribution in [0.5, 0.6) is 5.75 Å². The van der Waals surface area contributed by atoms with E-state index in [1.807, 2.05) is 28.8 Å². The fourth-order valence-electron chi connectivity index (χ4n) is 4.11. The van der Waals surface area contributed by atoms with Gasteiger partial charge in [0.2, 0.25) is 5.91 Å². The molecule has 0 radical (unpaired) electrons. The maximum atomic E-state index is 13.0. The van der Waals surface area contributed by atoms with Gasteiger partial charge in [0, 0.05) is 31.9 Å². The number of hydrogen-bond acceptors (Lipinski definition) is 5. The summed E-state index contributed by atoms with van der Waals surface area (Å²) < 4.78 is 26.4. The molecule has 0 unspecified atom stereocenters. The number of likely N-dealkylation sites (tertiary alicyclic amines) is 1. The first kappa shape index (κ1) is 20.8. The number of morpholine rings is 1. The summed E-state index contributed by atoms with van der Waals surface area (Å²) in [4.78, 5) is 16.8. The van der Waals surface area contributed by atoms with Gasteiger partial charge in [-0.2, -0.15) is 5.10 Å². The molecule has 0 aliphatic carbocycles. The Hall–Kier alpha value is -2.45. The van der Waals surface area contributed by atoms with Crippen LogP contribution in [-0.2, 0) is 16.1 Å². The fraction of sp³-hybridized carbons (Fsp3) is 0.545. The maximum Gasteiger partial charge on any atom is 0.248 e. The highest BCUT2D eigenvalue weighted by atomic mass is 19.1. The van der Waals surface area contributed by atoms with Crippen molar-refractivity contribution in [2.24, 2.45) is 0 Å². The number of carbonyl (C=O) groups is 1. The third kappa shape index (κ3) is 5.37. The summed E-state index contributed by atoms with van der Waals surface area (Å²) in [5, 5.41) is 4.44. The number of rotatable bonds is 7. The average molecular weight is 416 g/mol. The van der Waals surface area contributed by atoms with Gasteiger partial charge >= 0.3 is 0 Å². The minimum atomic E-state index is -0.292. The van der Waals surface area contributed by atoms with Crippen LogP contribution in [0, 0.1) is 12.7 Å². The largest absolute Gasteiger partial charge is 0.491 e. The number of benzene rings is 1. The molecule has 1 atom stereocenters. The minimum Gasteiger partial charge on any atom is -0.491 e. The summed E-state index contributed by atoms with van der Waals surface area (Å²) in [5.74, 6) is 0.363. The second-order valence-corrected chi connectivity index (χ2v) is 8.04. The van der Waals surface area contributed by atoms with Crippen molar-refractivity contribution in [3.8, 4) is 5.75 Å². The monoisotopic (exact) mass is 416 g/mol. The summed E-state index contributed by atoms with van der Waals surface area (Å²) in [5.41, 5.74) is 1.04. The van der Waals surface area contributed by atoms with Crippen molar-refractivity contribution in [2.45, 2.75) is 38.5 Å². The predicted octanol–water partition coefficient (Wildman–Crippen LogP) is 2.10.